The Labute approximate surface area is 171 Å². The van der Waals surface area contributed by atoms with Crippen LogP contribution < -0.4 is 10.2 Å². The number of methoxy groups -OCH3 is 1. The maximum atomic E-state index is 13.3. The highest BCUT2D eigenvalue weighted by atomic mass is 32.2. The Hall–Kier alpha value is -2.87. The zero-order chi connectivity index (χ0) is 20.0. The number of ketones is 1. The van der Waals surface area contributed by atoms with Crippen molar-refractivity contribution in [2.75, 3.05) is 12.5 Å². The fourth-order valence-corrected chi connectivity index (χ4v) is 4.68. The number of ether oxygens (including phenoxy) is 1. The van der Waals surface area contributed by atoms with Crippen molar-refractivity contribution < 1.29 is 13.9 Å². The summed E-state index contributed by atoms with van der Waals surface area (Å²) in [6.07, 6.45) is 2.21. The molecule has 1 aliphatic heterocycles. The number of hydrogen-bond acceptors (Lipinski definition) is 6. The molecule has 0 bridgehead atoms. The van der Waals surface area contributed by atoms with Crippen molar-refractivity contribution in [2.45, 2.75) is 35.2 Å². The first kappa shape index (κ1) is 18.2. The highest BCUT2D eigenvalue weighted by molar-refractivity contribution is 8.00. The van der Waals surface area contributed by atoms with Crippen LogP contribution in [0.2, 0.25) is 0 Å². The van der Waals surface area contributed by atoms with Crippen molar-refractivity contribution in [1.82, 2.24) is 14.9 Å². The molecule has 1 saturated carbocycles. The Balaban J connectivity index is 1.53. The third-order valence-corrected chi connectivity index (χ3v) is 6.48. The van der Waals surface area contributed by atoms with E-state index in [0.717, 1.165) is 30.0 Å². The summed E-state index contributed by atoms with van der Waals surface area (Å²) in [6.45, 7) is 0. The van der Waals surface area contributed by atoms with Gasteiger partial charge in [0, 0.05) is 11.5 Å². The van der Waals surface area contributed by atoms with E-state index in [1.165, 1.54) is 36.0 Å². The summed E-state index contributed by atoms with van der Waals surface area (Å²) in [4.78, 5) is 13.3. The minimum absolute atomic E-state index is 0.0782. The summed E-state index contributed by atoms with van der Waals surface area (Å²) in [5, 5.41) is 8.85. The smallest absolute Gasteiger partial charge is 0.210 e. The van der Waals surface area contributed by atoms with Crippen LogP contribution in [0.5, 0.6) is 5.75 Å². The second-order valence-corrected chi connectivity index (χ2v) is 8.35. The van der Waals surface area contributed by atoms with Gasteiger partial charge in [-0.25, -0.2) is 9.07 Å². The summed E-state index contributed by atoms with van der Waals surface area (Å²) in [5.74, 6) is 1.65. The van der Waals surface area contributed by atoms with Crippen LogP contribution in [0.3, 0.4) is 0 Å². The van der Waals surface area contributed by atoms with Gasteiger partial charge in [-0.05, 0) is 54.8 Å². The molecule has 0 spiro atoms. The second-order valence-electron chi connectivity index (χ2n) is 7.24. The number of carbonyl (C=O) groups excluding carboxylic acids is 1. The molecule has 2 heterocycles. The lowest BCUT2D eigenvalue weighted by molar-refractivity contribution is 0.0980. The van der Waals surface area contributed by atoms with Crippen molar-refractivity contribution in [2.24, 2.45) is 0 Å². The fraction of sp³-hybridized carbons (Fsp3) is 0.286. The number of nitrogens with one attached hydrogen (secondary N) is 1. The van der Waals surface area contributed by atoms with Gasteiger partial charge >= 0.3 is 0 Å². The van der Waals surface area contributed by atoms with Crippen molar-refractivity contribution >= 4 is 17.5 Å². The van der Waals surface area contributed by atoms with E-state index in [1.54, 1.807) is 7.11 Å². The number of benzene rings is 2. The summed E-state index contributed by atoms with van der Waals surface area (Å²) in [6, 6.07) is 13.0. The average Bonchev–Trinajstić information content (AvgIpc) is 3.52. The molecule has 8 heteroatoms. The maximum Gasteiger partial charge on any atom is 0.210 e. The highest BCUT2D eigenvalue weighted by Crippen LogP contribution is 2.44. The van der Waals surface area contributed by atoms with Gasteiger partial charge in [-0.1, -0.05) is 23.9 Å². The van der Waals surface area contributed by atoms with E-state index < -0.39 is 5.25 Å². The number of halogens is 1. The molecule has 0 saturated heterocycles. The van der Waals surface area contributed by atoms with Gasteiger partial charge < -0.3 is 10.2 Å². The van der Waals surface area contributed by atoms with E-state index in [1.807, 2.05) is 28.9 Å². The van der Waals surface area contributed by atoms with E-state index in [2.05, 4.69) is 15.6 Å². The molecule has 3 aromatic rings. The van der Waals surface area contributed by atoms with Crippen molar-refractivity contribution in [3.63, 3.8) is 0 Å². The fourth-order valence-electron chi connectivity index (χ4n) is 3.52. The van der Waals surface area contributed by atoms with Crippen LogP contribution in [0.15, 0.2) is 53.7 Å². The predicted octanol–water partition coefficient (Wildman–Crippen LogP) is 3.95. The number of fused-ring (bicyclic) bond motifs is 1. The van der Waals surface area contributed by atoms with E-state index in [-0.39, 0.29) is 17.6 Å². The van der Waals surface area contributed by atoms with E-state index in [0.29, 0.717) is 16.6 Å². The Morgan fingerprint density at radius 3 is 2.52 bits per heavy atom. The summed E-state index contributed by atoms with van der Waals surface area (Å²) in [5.41, 5.74) is 4.90. The van der Waals surface area contributed by atoms with Crippen molar-refractivity contribution in [3.05, 3.63) is 71.3 Å². The lowest BCUT2D eigenvalue weighted by Crippen LogP contribution is -2.39. The molecule has 0 unspecified atom stereocenters. The molecule has 1 aromatic heterocycles. The molecule has 5 rings (SSSR count). The third-order valence-electron chi connectivity index (χ3n) is 5.27. The predicted molar refractivity (Wildman–Crippen MR) is 107 cm³/mol. The molecule has 1 fully saturated rings. The molecule has 1 aliphatic carbocycles. The molecule has 148 valence electrons. The van der Waals surface area contributed by atoms with Crippen LogP contribution in [0.1, 0.15) is 46.5 Å². The monoisotopic (exact) mass is 410 g/mol. The standard InChI is InChI=1S/C21H19FN4O2S/c1-28-16-10-6-12(7-11-16)17-19(18(27)13-4-8-15(22)9-5-13)29-21-24-23-20(14-2-3-14)26(21)25-17/h4-11,14,17,19,25H,2-3H2,1H3/t17-,19-/m0/s1. The van der Waals surface area contributed by atoms with E-state index in [4.69, 9.17) is 4.74 Å². The third kappa shape index (κ3) is 3.37. The Morgan fingerprint density at radius 2 is 1.86 bits per heavy atom. The number of nitrogens with zero attached hydrogens (tertiary/aromatic N) is 3. The molecular formula is C21H19FN4O2S. The lowest BCUT2D eigenvalue weighted by atomic mass is 9.97. The van der Waals surface area contributed by atoms with Crippen LogP contribution in [0.4, 0.5) is 4.39 Å². The molecule has 0 radical (unpaired) electrons. The second kappa shape index (κ2) is 7.18. The van der Waals surface area contributed by atoms with Crippen LogP contribution >= 0.6 is 11.8 Å². The maximum absolute atomic E-state index is 13.3. The first-order valence-electron chi connectivity index (χ1n) is 9.46. The van der Waals surface area contributed by atoms with Crippen LogP contribution in [0, 0.1) is 5.82 Å². The van der Waals surface area contributed by atoms with E-state index in [9.17, 15) is 9.18 Å². The van der Waals surface area contributed by atoms with Gasteiger partial charge in [0.2, 0.25) is 5.16 Å². The van der Waals surface area contributed by atoms with Crippen molar-refractivity contribution in [1.29, 1.82) is 0 Å². The normalized spacial score (nSPS) is 20.6. The lowest BCUT2D eigenvalue weighted by Gasteiger charge is -2.33. The number of carbonyl (C=O) groups is 1. The quantitative estimate of drug-likeness (QED) is 0.643. The Morgan fingerprint density at radius 1 is 1.14 bits per heavy atom. The number of hydrogen-bond donors (Lipinski definition) is 1. The minimum Gasteiger partial charge on any atom is -0.497 e. The average molecular weight is 410 g/mol. The van der Waals surface area contributed by atoms with Gasteiger partial charge in [0.15, 0.2) is 11.6 Å². The van der Waals surface area contributed by atoms with Crippen LogP contribution in [-0.4, -0.2) is 33.0 Å². The Kier molecular flexibility index (Phi) is 4.50. The largest absolute Gasteiger partial charge is 0.497 e. The van der Waals surface area contributed by atoms with E-state index >= 15 is 0 Å². The minimum atomic E-state index is -0.461. The first-order valence-corrected chi connectivity index (χ1v) is 10.3. The van der Waals surface area contributed by atoms with Crippen LogP contribution in [0.25, 0.3) is 0 Å². The summed E-state index contributed by atoms with van der Waals surface area (Å²) < 4.78 is 20.5. The molecule has 29 heavy (non-hydrogen) atoms. The summed E-state index contributed by atoms with van der Waals surface area (Å²) in [7, 11) is 1.62. The number of rotatable bonds is 5. The molecule has 0 amide bonds. The van der Waals surface area contributed by atoms with Gasteiger partial charge in [0.05, 0.1) is 13.2 Å². The van der Waals surface area contributed by atoms with Gasteiger partial charge in [0.1, 0.15) is 16.8 Å². The number of thioether (sulfide) groups is 1. The topological polar surface area (TPSA) is 69.0 Å². The molecule has 2 atom stereocenters. The Bertz CT molecular complexity index is 1050. The van der Waals surface area contributed by atoms with Gasteiger partial charge in [-0.3, -0.25) is 4.79 Å². The SMILES string of the molecule is COc1ccc([C@@H]2Nn3c(nnc3C3CC3)S[C@@H]2C(=O)c2ccc(F)cc2)cc1. The zero-order valence-corrected chi connectivity index (χ0v) is 16.5. The summed E-state index contributed by atoms with van der Waals surface area (Å²) >= 11 is 1.40. The van der Waals surface area contributed by atoms with Crippen molar-refractivity contribution in [3.8, 4) is 5.75 Å². The molecule has 1 N–H and O–H groups in total. The zero-order valence-electron chi connectivity index (χ0n) is 15.7. The molecule has 6 nitrogen and oxygen atoms in total. The van der Waals surface area contributed by atoms with Gasteiger partial charge in [-0.15, -0.1) is 10.2 Å². The molecular weight excluding hydrogens is 391 g/mol. The van der Waals surface area contributed by atoms with Crippen LogP contribution in [-0.2, 0) is 0 Å². The molecule has 2 aromatic carbocycles. The van der Waals surface area contributed by atoms with Gasteiger partial charge in [0.25, 0.3) is 0 Å². The first-order chi connectivity index (χ1) is 14.1. The van der Waals surface area contributed by atoms with Gasteiger partial charge in [-0.2, -0.15) is 0 Å². The highest BCUT2D eigenvalue weighted by Gasteiger charge is 2.40. The molecule has 2 aliphatic rings. The number of Topliss-reactive ketones (excluding diaryl/α,β-unsaturated/α-hetero) is 1. The number of aromatic nitrogens is 3.